The molecule has 0 radical (unpaired) electrons. The molecule has 0 saturated heterocycles. The standard InChI is InChI=1S/C12H15N3O4/c1-7-2-3-8(4-7)14-12(17)10-5-9(15(18)19)6-13-11(10)16/h5-8H,2-4H2,1H3,(H,13,16)(H,14,17). The summed E-state index contributed by atoms with van der Waals surface area (Å²) in [5.41, 5.74) is -1.13. The van der Waals surface area contributed by atoms with Gasteiger partial charge in [-0.1, -0.05) is 6.92 Å². The first-order valence-corrected chi connectivity index (χ1v) is 6.15. The zero-order chi connectivity index (χ0) is 14.0. The second kappa shape index (κ2) is 5.21. The third kappa shape index (κ3) is 2.98. The van der Waals surface area contributed by atoms with Gasteiger partial charge in [0.25, 0.3) is 17.2 Å². The van der Waals surface area contributed by atoms with Crippen LogP contribution < -0.4 is 10.9 Å². The van der Waals surface area contributed by atoms with Gasteiger partial charge in [0.05, 0.1) is 11.1 Å². The summed E-state index contributed by atoms with van der Waals surface area (Å²) < 4.78 is 0. The molecule has 1 aliphatic carbocycles. The van der Waals surface area contributed by atoms with E-state index < -0.39 is 16.4 Å². The number of nitrogens with zero attached hydrogens (tertiary/aromatic N) is 1. The van der Waals surface area contributed by atoms with Crippen LogP contribution in [0.2, 0.25) is 0 Å². The molecule has 1 aliphatic rings. The van der Waals surface area contributed by atoms with Crippen LogP contribution in [0.15, 0.2) is 17.1 Å². The minimum absolute atomic E-state index is 0.0427. The maximum atomic E-state index is 11.9. The summed E-state index contributed by atoms with van der Waals surface area (Å²) in [6, 6.07) is 1.05. The number of carbonyl (C=O) groups is 1. The van der Waals surface area contributed by atoms with E-state index in [0.717, 1.165) is 31.5 Å². The van der Waals surface area contributed by atoms with Crippen LogP contribution in [0, 0.1) is 16.0 Å². The quantitative estimate of drug-likeness (QED) is 0.632. The van der Waals surface area contributed by atoms with E-state index in [2.05, 4.69) is 17.2 Å². The lowest BCUT2D eigenvalue weighted by Crippen LogP contribution is -2.36. The molecule has 1 saturated carbocycles. The van der Waals surface area contributed by atoms with Gasteiger partial charge in [-0.3, -0.25) is 19.7 Å². The summed E-state index contributed by atoms with van der Waals surface area (Å²) in [5.74, 6) is -0.00209. The Morgan fingerprint density at radius 2 is 2.26 bits per heavy atom. The highest BCUT2D eigenvalue weighted by Gasteiger charge is 2.24. The molecule has 0 aliphatic heterocycles. The Bertz CT molecular complexity index is 566. The van der Waals surface area contributed by atoms with Crippen molar-refractivity contribution in [2.75, 3.05) is 0 Å². The molecule has 0 bridgehead atoms. The molecular weight excluding hydrogens is 250 g/mol. The smallest absolute Gasteiger partial charge is 0.286 e. The monoisotopic (exact) mass is 265 g/mol. The molecule has 1 fully saturated rings. The van der Waals surface area contributed by atoms with Crippen molar-refractivity contribution in [3.8, 4) is 0 Å². The number of aromatic amines is 1. The van der Waals surface area contributed by atoms with Crippen LogP contribution in [0.4, 0.5) is 5.69 Å². The number of aromatic nitrogens is 1. The summed E-state index contributed by atoms with van der Waals surface area (Å²) in [5, 5.41) is 13.4. The lowest BCUT2D eigenvalue weighted by atomic mass is 10.1. The number of hydrogen-bond acceptors (Lipinski definition) is 4. The van der Waals surface area contributed by atoms with Gasteiger partial charge in [0.15, 0.2) is 0 Å². The summed E-state index contributed by atoms with van der Waals surface area (Å²) in [7, 11) is 0. The fourth-order valence-corrected chi connectivity index (χ4v) is 2.35. The second-order valence-corrected chi connectivity index (χ2v) is 4.95. The molecule has 1 aromatic rings. The Kier molecular flexibility index (Phi) is 3.64. The molecule has 1 heterocycles. The van der Waals surface area contributed by atoms with Gasteiger partial charge >= 0.3 is 0 Å². The summed E-state index contributed by atoms with van der Waals surface area (Å²) in [6.07, 6.45) is 3.77. The van der Waals surface area contributed by atoms with Crippen molar-refractivity contribution in [3.63, 3.8) is 0 Å². The number of pyridine rings is 1. The fraction of sp³-hybridized carbons (Fsp3) is 0.500. The highest BCUT2D eigenvalue weighted by molar-refractivity contribution is 5.94. The van der Waals surface area contributed by atoms with Crippen molar-refractivity contribution < 1.29 is 9.72 Å². The summed E-state index contributed by atoms with van der Waals surface area (Å²) in [6.45, 7) is 2.10. The third-order valence-electron chi connectivity index (χ3n) is 3.37. The van der Waals surface area contributed by atoms with Crippen molar-refractivity contribution in [3.05, 3.63) is 38.3 Å². The first-order chi connectivity index (χ1) is 8.97. The summed E-state index contributed by atoms with van der Waals surface area (Å²) in [4.78, 5) is 35.7. The van der Waals surface area contributed by atoms with Crippen molar-refractivity contribution in [1.29, 1.82) is 0 Å². The van der Waals surface area contributed by atoms with E-state index in [1.807, 2.05) is 0 Å². The van der Waals surface area contributed by atoms with Gasteiger partial charge in [0.1, 0.15) is 5.56 Å². The molecule has 2 unspecified atom stereocenters. The molecule has 102 valence electrons. The van der Waals surface area contributed by atoms with Crippen LogP contribution in [0.3, 0.4) is 0 Å². The van der Waals surface area contributed by atoms with Gasteiger partial charge in [-0.2, -0.15) is 0 Å². The van der Waals surface area contributed by atoms with E-state index >= 15 is 0 Å². The van der Waals surface area contributed by atoms with Crippen LogP contribution in [-0.4, -0.2) is 21.9 Å². The Hall–Kier alpha value is -2.18. The lowest BCUT2D eigenvalue weighted by molar-refractivity contribution is -0.385. The highest BCUT2D eigenvalue weighted by Crippen LogP contribution is 2.24. The van der Waals surface area contributed by atoms with Gasteiger partial charge in [0, 0.05) is 12.1 Å². The predicted molar refractivity (Wildman–Crippen MR) is 68.0 cm³/mol. The summed E-state index contributed by atoms with van der Waals surface area (Å²) >= 11 is 0. The highest BCUT2D eigenvalue weighted by atomic mass is 16.6. The second-order valence-electron chi connectivity index (χ2n) is 4.95. The number of rotatable bonds is 3. The normalized spacial score (nSPS) is 22.2. The number of amides is 1. The lowest BCUT2D eigenvalue weighted by Gasteiger charge is -2.11. The Morgan fingerprint density at radius 1 is 1.53 bits per heavy atom. The maximum Gasteiger partial charge on any atom is 0.286 e. The van der Waals surface area contributed by atoms with E-state index in [9.17, 15) is 19.7 Å². The Morgan fingerprint density at radius 3 is 2.84 bits per heavy atom. The van der Waals surface area contributed by atoms with Gasteiger partial charge in [-0.15, -0.1) is 0 Å². The molecule has 2 rings (SSSR count). The third-order valence-corrected chi connectivity index (χ3v) is 3.37. The average Bonchev–Trinajstić information content (AvgIpc) is 2.74. The first kappa shape index (κ1) is 13.3. The molecule has 1 amide bonds. The topological polar surface area (TPSA) is 105 Å². The Balaban J connectivity index is 2.16. The largest absolute Gasteiger partial charge is 0.349 e. The fourth-order valence-electron chi connectivity index (χ4n) is 2.35. The van der Waals surface area contributed by atoms with E-state index in [1.54, 1.807) is 0 Å². The van der Waals surface area contributed by atoms with Crippen LogP contribution in [0.5, 0.6) is 0 Å². The Labute approximate surface area is 109 Å². The van der Waals surface area contributed by atoms with Crippen LogP contribution in [0.25, 0.3) is 0 Å². The zero-order valence-corrected chi connectivity index (χ0v) is 10.5. The zero-order valence-electron chi connectivity index (χ0n) is 10.5. The number of H-pyrrole nitrogens is 1. The molecule has 2 atom stereocenters. The minimum Gasteiger partial charge on any atom is -0.349 e. The van der Waals surface area contributed by atoms with Crippen molar-refractivity contribution in [2.24, 2.45) is 5.92 Å². The predicted octanol–water partition coefficient (Wildman–Crippen LogP) is 1.20. The van der Waals surface area contributed by atoms with E-state index in [-0.39, 0.29) is 17.3 Å². The molecular formula is C12H15N3O4. The molecule has 1 aromatic heterocycles. The van der Waals surface area contributed by atoms with Gasteiger partial charge < -0.3 is 10.3 Å². The molecule has 7 nitrogen and oxygen atoms in total. The van der Waals surface area contributed by atoms with Crippen molar-refractivity contribution in [1.82, 2.24) is 10.3 Å². The van der Waals surface area contributed by atoms with Crippen LogP contribution >= 0.6 is 0 Å². The van der Waals surface area contributed by atoms with Crippen molar-refractivity contribution >= 4 is 11.6 Å². The molecule has 7 heteroatoms. The number of hydrogen-bond donors (Lipinski definition) is 2. The molecule has 2 N–H and O–H groups in total. The van der Waals surface area contributed by atoms with E-state index in [0.29, 0.717) is 5.92 Å². The van der Waals surface area contributed by atoms with Crippen LogP contribution in [-0.2, 0) is 0 Å². The number of carbonyl (C=O) groups excluding carboxylic acids is 1. The van der Waals surface area contributed by atoms with E-state index in [4.69, 9.17) is 0 Å². The van der Waals surface area contributed by atoms with E-state index in [1.165, 1.54) is 0 Å². The first-order valence-electron chi connectivity index (χ1n) is 6.15. The number of nitrogens with one attached hydrogen (secondary N) is 2. The molecule has 0 spiro atoms. The molecule has 19 heavy (non-hydrogen) atoms. The minimum atomic E-state index is -0.648. The number of nitro groups is 1. The average molecular weight is 265 g/mol. The van der Waals surface area contributed by atoms with Crippen molar-refractivity contribution in [2.45, 2.75) is 32.2 Å². The van der Waals surface area contributed by atoms with Crippen LogP contribution in [0.1, 0.15) is 36.5 Å². The van der Waals surface area contributed by atoms with Gasteiger partial charge in [-0.05, 0) is 25.2 Å². The molecule has 0 aromatic carbocycles. The SMILES string of the molecule is CC1CCC(NC(=O)c2cc([N+](=O)[O-])c[nH]c2=O)C1. The maximum absolute atomic E-state index is 11.9. The van der Waals surface area contributed by atoms with Gasteiger partial charge in [0.2, 0.25) is 0 Å². The van der Waals surface area contributed by atoms with Gasteiger partial charge in [-0.25, -0.2) is 0 Å².